The van der Waals surface area contributed by atoms with Crippen molar-refractivity contribution in [2.45, 2.75) is 6.92 Å². The Morgan fingerprint density at radius 1 is 1.00 bits per heavy atom. The summed E-state index contributed by atoms with van der Waals surface area (Å²) in [4.78, 5) is 21.3. The molecule has 0 aromatic heterocycles. The summed E-state index contributed by atoms with van der Waals surface area (Å²) in [6.07, 6.45) is 0. The Labute approximate surface area is 120 Å². The molecule has 0 aliphatic rings. The Hall–Kier alpha value is -2.76. The fourth-order valence-electron chi connectivity index (χ4n) is 2.03. The summed E-state index contributed by atoms with van der Waals surface area (Å²) in [7, 11) is 0. The van der Waals surface area contributed by atoms with Crippen LogP contribution in [0.15, 0.2) is 30.3 Å². The van der Waals surface area contributed by atoms with Crippen molar-refractivity contribution in [1.82, 2.24) is 0 Å². The Balaban J connectivity index is 2.47. The average Bonchev–Trinajstić information content (AvgIpc) is 2.43. The van der Waals surface area contributed by atoms with E-state index < -0.39 is 25.2 Å². The summed E-state index contributed by atoms with van der Waals surface area (Å²) in [5.74, 6) is -1.25. The first-order valence-electron chi connectivity index (χ1n) is 6.20. The van der Waals surface area contributed by atoms with Crippen molar-refractivity contribution in [1.29, 1.82) is 0 Å². The van der Waals surface area contributed by atoms with Crippen LogP contribution in [0.5, 0.6) is 11.5 Å². The first-order chi connectivity index (χ1) is 9.99. The van der Waals surface area contributed by atoms with Crippen molar-refractivity contribution >= 4 is 22.7 Å². The highest BCUT2D eigenvalue weighted by Gasteiger charge is 2.13. The lowest BCUT2D eigenvalue weighted by Gasteiger charge is -2.14. The van der Waals surface area contributed by atoms with Crippen LogP contribution in [-0.2, 0) is 9.59 Å². The van der Waals surface area contributed by atoms with Gasteiger partial charge in [0.2, 0.25) is 0 Å². The van der Waals surface area contributed by atoms with Gasteiger partial charge in [-0.2, -0.15) is 0 Å². The number of carboxylic acid groups (broad SMARTS) is 2. The SMILES string of the molecule is Cc1cc(OCC(=O)O)c2ccccc2c1OCC(=O)O. The van der Waals surface area contributed by atoms with Gasteiger partial charge in [-0.15, -0.1) is 0 Å². The lowest BCUT2D eigenvalue weighted by molar-refractivity contribution is -0.140. The van der Waals surface area contributed by atoms with Gasteiger partial charge < -0.3 is 19.7 Å². The van der Waals surface area contributed by atoms with Crippen LogP contribution < -0.4 is 9.47 Å². The maximum absolute atomic E-state index is 10.6. The number of carboxylic acids is 2. The van der Waals surface area contributed by atoms with E-state index in [9.17, 15) is 9.59 Å². The molecular weight excluding hydrogens is 276 g/mol. The van der Waals surface area contributed by atoms with E-state index >= 15 is 0 Å². The first-order valence-corrected chi connectivity index (χ1v) is 6.20. The fraction of sp³-hybridized carbons (Fsp3) is 0.200. The van der Waals surface area contributed by atoms with Gasteiger partial charge in [-0.1, -0.05) is 24.3 Å². The average molecular weight is 290 g/mol. The summed E-state index contributed by atoms with van der Waals surface area (Å²) in [6.45, 7) is 0.857. The van der Waals surface area contributed by atoms with Crippen molar-refractivity contribution in [3.05, 3.63) is 35.9 Å². The molecule has 0 saturated heterocycles. The number of aliphatic carboxylic acids is 2. The molecule has 0 aliphatic carbocycles. The van der Waals surface area contributed by atoms with E-state index in [0.717, 1.165) is 0 Å². The second-order valence-corrected chi connectivity index (χ2v) is 4.43. The van der Waals surface area contributed by atoms with E-state index in [1.165, 1.54) is 0 Å². The van der Waals surface area contributed by atoms with Crippen molar-refractivity contribution in [3.63, 3.8) is 0 Å². The molecule has 0 bridgehead atoms. The Kier molecular flexibility index (Phi) is 4.27. The minimum Gasteiger partial charge on any atom is -0.481 e. The summed E-state index contributed by atoms with van der Waals surface area (Å²) in [5, 5.41) is 18.8. The largest absolute Gasteiger partial charge is 0.481 e. The molecule has 0 heterocycles. The minimum atomic E-state index is -1.07. The normalized spacial score (nSPS) is 10.3. The first kappa shape index (κ1) is 14.6. The summed E-state index contributed by atoms with van der Waals surface area (Å²) in [6, 6.07) is 8.75. The zero-order valence-electron chi connectivity index (χ0n) is 11.3. The van der Waals surface area contributed by atoms with Crippen LogP contribution in [0, 0.1) is 6.92 Å². The highest BCUT2D eigenvalue weighted by Crippen LogP contribution is 2.36. The highest BCUT2D eigenvalue weighted by molar-refractivity contribution is 5.94. The van der Waals surface area contributed by atoms with Crippen molar-refractivity contribution in [3.8, 4) is 11.5 Å². The monoisotopic (exact) mass is 290 g/mol. The molecule has 2 aromatic rings. The molecule has 0 aliphatic heterocycles. The Morgan fingerprint density at radius 3 is 2.19 bits per heavy atom. The molecule has 0 fully saturated rings. The molecule has 0 unspecified atom stereocenters. The van der Waals surface area contributed by atoms with Gasteiger partial charge in [-0.3, -0.25) is 0 Å². The predicted molar refractivity (Wildman–Crippen MR) is 74.9 cm³/mol. The highest BCUT2D eigenvalue weighted by atomic mass is 16.5. The van der Waals surface area contributed by atoms with E-state index in [0.29, 0.717) is 27.8 Å². The summed E-state index contributed by atoms with van der Waals surface area (Å²) < 4.78 is 10.6. The molecule has 110 valence electrons. The van der Waals surface area contributed by atoms with Gasteiger partial charge in [-0.05, 0) is 18.6 Å². The number of fused-ring (bicyclic) bond motifs is 1. The number of ether oxygens (including phenoxy) is 2. The zero-order valence-corrected chi connectivity index (χ0v) is 11.3. The predicted octanol–water partition coefficient (Wildman–Crippen LogP) is 2.08. The van der Waals surface area contributed by atoms with Gasteiger partial charge in [0.1, 0.15) is 11.5 Å². The van der Waals surface area contributed by atoms with Crippen molar-refractivity contribution in [2.24, 2.45) is 0 Å². The van der Waals surface area contributed by atoms with Gasteiger partial charge in [0.05, 0.1) is 0 Å². The molecule has 6 heteroatoms. The van der Waals surface area contributed by atoms with Crippen molar-refractivity contribution < 1.29 is 29.3 Å². The van der Waals surface area contributed by atoms with E-state index in [4.69, 9.17) is 19.7 Å². The quantitative estimate of drug-likeness (QED) is 0.846. The lowest BCUT2D eigenvalue weighted by Crippen LogP contribution is -2.12. The van der Waals surface area contributed by atoms with Gasteiger partial charge in [0.25, 0.3) is 0 Å². The third-order valence-electron chi connectivity index (χ3n) is 2.83. The molecule has 2 aromatic carbocycles. The maximum atomic E-state index is 10.6. The standard InChI is InChI=1S/C15H14O6/c1-9-6-12(20-7-13(16)17)10-4-2-3-5-11(10)15(9)21-8-14(18)19/h2-6H,7-8H2,1H3,(H,16,17)(H,18,19). The van der Waals surface area contributed by atoms with E-state index in [1.54, 1.807) is 37.3 Å². The topological polar surface area (TPSA) is 93.1 Å². The molecule has 2 N–H and O–H groups in total. The maximum Gasteiger partial charge on any atom is 0.341 e. The Bertz CT molecular complexity index is 692. The second-order valence-electron chi connectivity index (χ2n) is 4.43. The van der Waals surface area contributed by atoms with Gasteiger partial charge >= 0.3 is 11.9 Å². The molecule has 0 spiro atoms. The van der Waals surface area contributed by atoms with E-state index in [-0.39, 0.29) is 0 Å². The Morgan fingerprint density at radius 2 is 1.57 bits per heavy atom. The van der Waals surface area contributed by atoms with Gasteiger partial charge in [-0.25, -0.2) is 9.59 Å². The van der Waals surface area contributed by atoms with Gasteiger partial charge in [0, 0.05) is 10.8 Å². The second kappa shape index (κ2) is 6.13. The van der Waals surface area contributed by atoms with E-state index in [1.807, 2.05) is 0 Å². The molecule has 0 atom stereocenters. The number of carbonyl (C=O) groups is 2. The third-order valence-corrected chi connectivity index (χ3v) is 2.83. The van der Waals surface area contributed by atoms with Crippen molar-refractivity contribution in [2.75, 3.05) is 13.2 Å². The zero-order chi connectivity index (χ0) is 15.4. The number of rotatable bonds is 6. The smallest absolute Gasteiger partial charge is 0.341 e. The molecule has 0 amide bonds. The minimum absolute atomic E-state index is 0.424. The summed E-state index contributed by atoms with van der Waals surface area (Å²) >= 11 is 0. The van der Waals surface area contributed by atoms with Crippen LogP contribution in [0.25, 0.3) is 10.8 Å². The lowest BCUT2D eigenvalue weighted by atomic mass is 10.0. The number of aryl methyl sites for hydroxylation is 1. The third kappa shape index (κ3) is 3.42. The molecular formula is C15H14O6. The molecule has 0 radical (unpaired) electrons. The number of hydrogen-bond donors (Lipinski definition) is 2. The van der Waals surface area contributed by atoms with Crippen LogP contribution >= 0.6 is 0 Å². The summed E-state index contributed by atoms with van der Waals surface area (Å²) in [5.41, 5.74) is 0.676. The van der Waals surface area contributed by atoms with Gasteiger partial charge in [0.15, 0.2) is 13.2 Å². The fourth-order valence-corrected chi connectivity index (χ4v) is 2.03. The van der Waals surface area contributed by atoms with Crippen LogP contribution in [0.4, 0.5) is 0 Å². The van der Waals surface area contributed by atoms with Crippen LogP contribution in [-0.4, -0.2) is 35.4 Å². The molecule has 0 saturated carbocycles. The van der Waals surface area contributed by atoms with Crippen LogP contribution in [0.3, 0.4) is 0 Å². The van der Waals surface area contributed by atoms with Crippen LogP contribution in [0.2, 0.25) is 0 Å². The molecule has 21 heavy (non-hydrogen) atoms. The number of benzene rings is 2. The van der Waals surface area contributed by atoms with E-state index in [2.05, 4.69) is 0 Å². The number of hydrogen-bond acceptors (Lipinski definition) is 4. The molecule has 6 nitrogen and oxygen atoms in total. The van der Waals surface area contributed by atoms with Crippen LogP contribution in [0.1, 0.15) is 5.56 Å². The molecule has 2 rings (SSSR count).